The molecule has 0 radical (unpaired) electrons. The van der Waals surface area contributed by atoms with Gasteiger partial charge >= 0.3 is 53.8 Å². The molecule has 58 heavy (non-hydrogen) atoms. The van der Waals surface area contributed by atoms with Crippen LogP contribution in [0.25, 0.3) is 0 Å². The summed E-state index contributed by atoms with van der Waals surface area (Å²) in [6.07, 6.45) is -0.330. The van der Waals surface area contributed by atoms with Gasteiger partial charge in [-0.3, -0.25) is 44.7 Å². The molecule has 0 amide bonds. The van der Waals surface area contributed by atoms with Crippen LogP contribution in [0.15, 0.2) is 42.5 Å². The first kappa shape index (κ1) is 56.4. The fourth-order valence-electron chi connectivity index (χ4n) is 4.34. The number of aliphatic carboxylic acids is 1. The summed E-state index contributed by atoms with van der Waals surface area (Å²) in [5, 5.41) is 41.1. The smallest absolute Gasteiger partial charge is 0.870 e. The van der Waals surface area contributed by atoms with E-state index in [4.69, 9.17) is 38.3 Å². The molecule has 0 unspecified atom stereocenters. The third kappa shape index (κ3) is 17.9. The average Bonchev–Trinajstić information content (AvgIpc) is 3.17. The molecule has 2 N–H and O–H groups in total. The summed E-state index contributed by atoms with van der Waals surface area (Å²) >= 11 is 2.94. The van der Waals surface area contributed by atoms with E-state index in [0.717, 1.165) is 0 Å². The Morgan fingerprint density at radius 2 is 0.966 bits per heavy atom. The molecule has 0 atom stereocenters. The zero-order chi connectivity index (χ0) is 43.0. The standard InChI is InChI=1S/C12H15NO6.C10H11NO6.C8H9NO4.C4H7BrO2.Li.H2O/c1-4-19-10(14)7-8-5-6-9(13(15)16)12(18-3)11(8)17-2;1-16-9-6(5-8(12)13)3-4-7(11(14)15)10(9)17-2;1-12-7-5-3-4-6(9(10)11)8(7)13-2;1-2-7-4(6)3-5;;/h5-6H,4,7H2,1-3H3;3-4H,5H2,1-2H3,(H,12,13);3-5H,1-2H3;2-3H2,1H3;;1H2/q;;;;+1;/p-1. The molecule has 0 saturated heterocycles. The van der Waals surface area contributed by atoms with Crippen molar-refractivity contribution in [2.24, 2.45) is 0 Å². The number of carboxylic acids is 1. The van der Waals surface area contributed by atoms with Crippen molar-refractivity contribution in [2.75, 3.05) is 61.2 Å². The third-order valence-corrected chi connectivity index (χ3v) is 6.99. The fourth-order valence-corrected chi connectivity index (χ4v) is 4.50. The van der Waals surface area contributed by atoms with Gasteiger partial charge in [0.15, 0.2) is 17.2 Å². The maximum Gasteiger partial charge on any atom is 1.00 e. The molecule has 0 bridgehead atoms. The van der Waals surface area contributed by atoms with Gasteiger partial charge < -0.3 is 48.5 Å². The number of hydrogen-bond donors (Lipinski definition) is 1. The van der Waals surface area contributed by atoms with E-state index < -0.39 is 26.7 Å². The number of benzene rings is 3. The Balaban J connectivity index is -0.000000720. The van der Waals surface area contributed by atoms with Crippen molar-refractivity contribution in [3.05, 3.63) is 83.9 Å². The Morgan fingerprint density at radius 1 is 0.586 bits per heavy atom. The van der Waals surface area contributed by atoms with Gasteiger partial charge in [-0.05, 0) is 32.0 Å². The van der Waals surface area contributed by atoms with Gasteiger partial charge in [0.05, 0.1) is 83.5 Å². The molecular weight excluding hydrogens is 841 g/mol. The number of halogens is 1. The zero-order valence-corrected chi connectivity index (χ0v) is 34.7. The summed E-state index contributed by atoms with van der Waals surface area (Å²) in [5.41, 5.74) is 0.221. The maximum atomic E-state index is 11.4. The Morgan fingerprint density at radius 3 is 1.28 bits per heavy atom. The van der Waals surface area contributed by atoms with Gasteiger partial charge in [-0.2, -0.15) is 0 Å². The third-order valence-electron chi connectivity index (χ3n) is 6.53. The van der Waals surface area contributed by atoms with Crippen LogP contribution in [0.5, 0.6) is 34.5 Å². The molecule has 0 aromatic heterocycles. The largest absolute Gasteiger partial charge is 1.00 e. The molecule has 0 heterocycles. The minimum atomic E-state index is -1.06. The van der Waals surface area contributed by atoms with E-state index in [-0.39, 0.29) is 95.6 Å². The first-order valence-corrected chi connectivity index (χ1v) is 16.9. The van der Waals surface area contributed by atoms with Crippen LogP contribution < -0.4 is 47.3 Å². The topological polar surface area (TPSA) is 305 Å². The van der Waals surface area contributed by atoms with Crippen LogP contribution in [0.2, 0.25) is 0 Å². The van der Waals surface area contributed by atoms with E-state index in [0.29, 0.717) is 28.8 Å². The Hall–Kier alpha value is -5.89. The number of nitro benzene ring substituents is 3. The SMILES string of the molecule is CCOC(=O)CBr.CCOC(=O)Cc1ccc([N+](=O)[O-])c(OC)c1OC.COc1c(CC(=O)O)ccc([N+](=O)[O-])c1OC.COc1cccc([N+](=O)[O-])c1OC.[Li+].[OH-]. The number of ether oxygens (including phenoxy) is 8. The molecule has 3 aromatic carbocycles. The molecule has 0 saturated carbocycles. The van der Waals surface area contributed by atoms with Crippen LogP contribution in [0, 0.1) is 30.3 Å². The van der Waals surface area contributed by atoms with Crippen LogP contribution in [0.4, 0.5) is 17.1 Å². The van der Waals surface area contributed by atoms with Crippen molar-refractivity contribution in [3.63, 3.8) is 0 Å². The number of carbonyl (C=O) groups excluding carboxylic acids is 2. The second-order valence-electron chi connectivity index (χ2n) is 9.90. The molecule has 0 aliphatic rings. The van der Waals surface area contributed by atoms with Crippen LogP contribution in [-0.2, 0) is 36.7 Å². The average molecular weight is 885 g/mol. The normalized spacial score (nSPS) is 9.19. The zero-order valence-electron chi connectivity index (χ0n) is 33.1. The number of hydrogen-bond acceptors (Lipinski definition) is 18. The van der Waals surface area contributed by atoms with Crippen molar-refractivity contribution in [2.45, 2.75) is 26.7 Å². The molecule has 0 fully saturated rings. The van der Waals surface area contributed by atoms with Crippen molar-refractivity contribution < 1.29 is 96.5 Å². The number of methoxy groups -OCH3 is 6. The summed E-state index contributed by atoms with van der Waals surface area (Å²) in [6.45, 7) is 4.21. The molecule has 3 rings (SSSR count). The van der Waals surface area contributed by atoms with Crippen molar-refractivity contribution in [1.29, 1.82) is 0 Å². The van der Waals surface area contributed by atoms with Gasteiger partial charge in [-0.25, -0.2) is 0 Å². The molecule has 3 aromatic rings. The molecule has 0 aliphatic carbocycles. The van der Waals surface area contributed by atoms with E-state index in [1.807, 2.05) is 0 Å². The van der Waals surface area contributed by atoms with E-state index in [1.165, 1.54) is 73.0 Å². The van der Waals surface area contributed by atoms with Gasteiger partial charge in [-0.15, -0.1) is 0 Å². The maximum absolute atomic E-state index is 11.4. The van der Waals surface area contributed by atoms with Gasteiger partial charge in [-0.1, -0.05) is 22.0 Å². The number of nitrogens with zero attached hydrogens (tertiary/aromatic N) is 3. The summed E-state index contributed by atoms with van der Waals surface area (Å²) in [6, 6.07) is 9.77. The predicted molar refractivity (Wildman–Crippen MR) is 203 cm³/mol. The number of esters is 2. The van der Waals surface area contributed by atoms with Crippen LogP contribution in [-0.4, -0.2) is 104 Å². The van der Waals surface area contributed by atoms with E-state index in [9.17, 15) is 44.7 Å². The van der Waals surface area contributed by atoms with Crippen LogP contribution in [0.3, 0.4) is 0 Å². The monoisotopic (exact) mass is 883 g/mol. The van der Waals surface area contributed by atoms with Crippen molar-refractivity contribution in [1.82, 2.24) is 0 Å². The Labute approximate surface area is 352 Å². The molecule has 0 spiro atoms. The van der Waals surface area contributed by atoms with E-state index in [2.05, 4.69) is 20.7 Å². The van der Waals surface area contributed by atoms with Crippen LogP contribution in [0.1, 0.15) is 25.0 Å². The Bertz CT molecular complexity index is 1810. The van der Waals surface area contributed by atoms with Gasteiger partial charge in [0.1, 0.15) is 5.33 Å². The molecule has 316 valence electrons. The number of rotatable bonds is 16. The first-order chi connectivity index (χ1) is 26.6. The number of nitro groups is 3. The number of alkyl halides is 1. The number of para-hydroxylation sites is 1. The van der Waals surface area contributed by atoms with Gasteiger partial charge in [0, 0.05) is 29.3 Å². The first-order valence-electron chi connectivity index (χ1n) is 15.8. The second kappa shape index (κ2) is 30.3. The Kier molecular flexibility index (Phi) is 29.5. The van der Waals surface area contributed by atoms with Crippen molar-refractivity contribution in [3.8, 4) is 34.5 Å². The summed E-state index contributed by atoms with van der Waals surface area (Å²) in [7, 11) is 8.02. The minimum Gasteiger partial charge on any atom is -0.870 e. The van der Waals surface area contributed by atoms with Gasteiger partial charge in [0.2, 0.25) is 17.2 Å². The fraction of sp³-hybridized carbons (Fsp3) is 0.382. The molecule has 22 nitrogen and oxygen atoms in total. The summed E-state index contributed by atoms with van der Waals surface area (Å²) in [4.78, 5) is 62.6. The molecule has 0 aliphatic heterocycles. The quantitative estimate of drug-likeness (QED) is 0.0709. The molecular formula is C34H43BrLiN3O19. The summed E-state index contributed by atoms with van der Waals surface area (Å²) in [5.74, 6) is -1.02. The van der Waals surface area contributed by atoms with E-state index >= 15 is 0 Å². The van der Waals surface area contributed by atoms with E-state index in [1.54, 1.807) is 26.0 Å². The second-order valence-corrected chi connectivity index (χ2v) is 10.5. The van der Waals surface area contributed by atoms with Crippen LogP contribution >= 0.6 is 15.9 Å². The van der Waals surface area contributed by atoms with Gasteiger partial charge in [0.25, 0.3) is 0 Å². The minimum absolute atomic E-state index is 0. The van der Waals surface area contributed by atoms with Crippen molar-refractivity contribution >= 4 is 50.9 Å². The number of carbonyl (C=O) groups is 3. The number of carboxylic acid groups (broad SMARTS) is 1. The summed E-state index contributed by atoms with van der Waals surface area (Å²) < 4.78 is 39.0. The predicted octanol–water partition coefficient (Wildman–Crippen LogP) is 2.34. The molecule has 24 heteroatoms.